The van der Waals surface area contributed by atoms with Crippen LogP contribution >= 0.6 is 0 Å². The van der Waals surface area contributed by atoms with Crippen LogP contribution in [0, 0.1) is 20.8 Å². The van der Waals surface area contributed by atoms with Crippen molar-refractivity contribution in [1.29, 1.82) is 0 Å². The minimum absolute atomic E-state index is 0.220. The molecule has 0 amide bonds. The zero-order chi connectivity index (χ0) is 13.7. The van der Waals surface area contributed by atoms with Gasteiger partial charge < -0.3 is 4.74 Å². The summed E-state index contributed by atoms with van der Waals surface area (Å²) in [6.07, 6.45) is 2.08. The van der Waals surface area contributed by atoms with Crippen molar-refractivity contribution in [3.63, 3.8) is 0 Å². The Hall–Kier alpha value is -0.900. The second-order valence-electron chi connectivity index (χ2n) is 5.23. The number of nitrogens with one attached hydrogen (secondary N) is 1. The lowest BCUT2D eigenvalue weighted by atomic mass is 9.93. The number of nitrogens with two attached hydrogens (primary N) is 1. The summed E-state index contributed by atoms with van der Waals surface area (Å²) in [4.78, 5) is 0. The van der Waals surface area contributed by atoms with Gasteiger partial charge in [0.2, 0.25) is 0 Å². The highest BCUT2D eigenvalue weighted by atomic mass is 16.5. The van der Waals surface area contributed by atoms with Gasteiger partial charge in [-0.1, -0.05) is 17.7 Å². The fourth-order valence-corrected chi connectivity index (χ4v) is 2.49. The average molecular weight is 250 g/mol. The summed E-state index contributed by atoms with van der Waals surface area (Å²) in [6, 6.07) is 4.71. The van der Waals surface area contributed by atoms with Crippen LogP contribution in [-0.4, -0.2) is 19.3 Å². The first-order valence-electron chi connectivity index (χ1n) is 6.53. The standard InChI is InChI=1S/C15H26N2O/c1-10-6-11(2)15(12(3)7-10)9-14(17-16)8-13(4)18-5/h6-7,13-14,17H,8-9,16H2,1-5H3. The zero-order valence-electron chi connectivity index (χ0n) is 12.2. The predicted molar refractivity (Wildman–Crippen MR) is 76.6 cm³/mol. The van der Waals surface area contributed by atoms with E-state index in [4.69, 9.17) is 10.6 Å². The van der Waals surface area contributed by atoms with Gasteiger partial charge in [-0.25, -0.2) is 0 Å². The normalized spacial score (nSPS) is 14.6. The monoisotopic (exact) mass is 250 g/mol. The molecule has 0 aromatic heterocycles. The Bertz CT molecular complexity index is 367. The molecular weight excluding hydrogens is 224 g/mol. The number of hydrogen-bond donors (Lipinski definition) is 2. The summed E-state index contributed by atoms with van der Waals surface area (Å²) in [5.41, 5.74) is 8.31. The van der Waals surface area contributed by atoms with Crippen LogP contribution in [0.25, 0.3) is 0 Å². The number of benzene rings is 1. The first-order chi connectivity index (χ1) is 8.47. The Labute approximate surface area is 111 Å². The van der Waals surface area contributed by atoms with Gasteiger partial charge in [-0.3, -0.25) is 11.3 Å². The van der Waals surface area contributed by atoms with Gasteiger partial charge in [0.1, 0.15) is 0 Å². The maximum Gasteiger partial charge on any atom is 0.0558 e. The summed E-state index contributed by atoms with van der Waals surface area (Å²) < 4.78 is 5.30. The number of methoxy groups -OCH3 is 1. The minimum Gasteiger partial charge on any atom is -0.382 e. The molecule has 0 bridgehead atoms. The third kappa shape index (κ3) is 4.09. The van der Waals surface area contributed by atoms with Gasteiger partial charge in [-0.2, -0.15) is 0 Å². The first-order valence-corrected chi connectivity index (χ1v) is 6.53. The molecule has 102 valence electrons. The molecule has 3 nitrogen and oxygen atoms in total. The predicted octanol–water partition coefficient (Wildman–Crippen LogP) is 2.41. The van der Waals surface area contributed by atoms with E-state index in [1.165, 1.54) is 22.3 Å². The minimum atomic E-state index is 0.220. The lowest BCUT2D eigenvalue weighted by molar-refractivity contribution is 0.100. The largest absolute Gasteiger partial charge is 0.382 e. The average Bonchev–Trinajstić information content (AvgIpc) is 2.31. The lowest BCUT2D eigenvalue weighted by Gasteiger charge is -2.21. The van der Waals surface area contributed by atoms with Gasteiger partial charge in [0.05, 0.1) is 6.10 Å². The Morgan fingerprint density at radius 1 is 1.22 bits per heavy atom. The lowest BCUT2D eigenvalue weighted by Crippen LogP contribution is -2.39. The summed E-state index contributed by atoms with van der Waals surface area (Å²) >= 11 is 0. The number of hydrazine groups is 1. The van der Waals surface area contributed by atoms with E-state index in [9.17, 15) is 0 Å². The number of rotatable bonds is 6. The van der Waals surface area contributed by atoms with E-state index in [1.807, 2.05) is 0 Å². The maximum atomic E-state index is 5.65. The van der Waals surface area contributed by atoms with Crippen molar-refractivity contribution in [2.75, 3.05) is 7.11 Å². The highest BCUT2D eigenvalue weighted by Crippen LogP contribution is 2.19. The van der Waals surface area contributed by atoms with Crippen molar-refractivity contribution in [2.24, 2.45) is 5.84 Å². The topological polar surface area (TPSA) is 47.3 Å². The van der Waals surface area contributed by atoms with Crippen molar-refractivity contribution in [1.82, 2.24) is 5.43 Å². The fourth-order valence-electron chi connectivity index (χ4n) is 2.49. The molecule has 0 saturated carbocycles. The van der Waals surface area contributed by atoms with E-state index in [0.717, 1.165) is 12.8 Å². The summed E-state index contributed by atoms with van der Waals surface area (Å²) in [6.45, 7) is 8.54. The molecule has 0 aliphatic heterocycles. The van der Waals surface area contributed by atoms with Crippen LogP contribution in [-0.2, 0) is 11.2 Å². The van der Waals surface area contributed by atoms with Crippen molar-refractivity contribution >= 4 is 0 Å². The van der Waals surface area contributed by atoms with Crippen molar-refractivity contribution in [3.8, 4) is 0 Å². The van der Waals surface area contributed by atoms with Crippen LogP contribution in [0.2, 0.25) is 0 Å². The Kier molecular flexibility index (Phi) is 5.79. The van der Waals surface area contributed by atoms with E-state index in [1.54, 1.807) is 7.11 Å². The van der Waals surface area contributed by atoms with Crippen LogP contribution in [0.1, 0.15) is 35.6 Å². The molecule has 1 aromatic carbocycles. The molecule has 3 N–H and O–H groups in total. The highest BCUT2D eigenvalue weighted by molar-refractivity contribution is 5.38. The van der Waals surface area contributed by atoms with Gasteiger partial charge in [-0.15, -0.1) is 0 Å². The molecule has 3 heteroatoms. The van der Waals surface area contributed by atoms with E-state index < -0.39 is 0 Å². The molecular formula is C15H26N2O. The van der Waals surface area contributed by atoms with E-state index in [0.29, 0.717) is 0 Å². The molecule has 0 heterocycles. The maximum absolute atomic E-state index is 5.65. The van der Waals surface area contributed by atoms with Crippen LogP contribution < -0.4 is 11.3 Å². The molecule has 0 aliphatic rings. The van der Waals surface area contributed by atoms with E-state index >= 15 is 0 Å². The molecule has 0 saturated heterocycles. The number of hydrogen-bond acceptors (Lipinski definition) is 3. The van der Waals surface area contributed by atoms with Gasteiger partial charge in [-0.05, 0) is 57.2 Å². The Balaban J connectivity index is 2.82. The highest BCUT2D eigenvalue weighted by Gasteiger charge is 2.14. The van der Waals surface area contributed by atoms with Crippen molar-refractivity contribution in [2.45, 2.75) is 52.7 Å². The van der Waals surface area contributed by atoms with Crippen LogP contribution in [0.3, 0.4) is 0 Å². The molecule has 2 unspecified atom stereocenters. The molecule has 2 atom stereocenters. The number of aryl methyl sites for hydroxylation is 3. The summed E-state index contributed by atoms with van der Waals surface area (Å²) in [5.74, 6) is 5.65. The SMILES string of the molecule is COC(C)CC(Cc1c(C)cc(C)cc1C)NN. The quantitative estimate of drug-likeness (QED) is 0.602. The van der Waals surface area contributed by atoms with Crippen LogP contribution in [0.15, 0.2) is 12.1 Å². The molecule has 1 aromatic rings. The Morgan fingerprint density at radius 3 is 2.22 bits per heavy atom. The summed E-state index contributed by atoms with van der Waals surface area (Å²) in [7, 11) is 1.74. The fraction of sp³-hybridized carbons (Fsp3) is 0.600. The van der Waals surface area contributed by atoms with Gasteiger partial charge in [0.15, 0.2) is 0 Å². The van der Waals surface area contributed by atoms with Crippen LogP contribution in [0.5, 0.6) is 0 Å². The smallest absolute Gasteiger partial charge is 0.0558 e. The van der Waals surface area contributed by atoms with Gasteiger partial charge >= 0.3 is 0 Å². The first kappa shape index (κ1) is 15.2. The molecule has 0 aliphatic carbocycles. The Morgan fingerprint density at radius 2 is 1.78 bits per heavy atom. The second-order valence-corrected chi connectivity index (χ2v) is 5.23. The zero-order valence-corrected chi connectivity index (χ0v) is 12.2. The van der Waals surface area contributed by atoms with Crippen molar-refractivity contribution < 1.29 is 4.74 Å². The second kappa shape index (κ2) is 6.88. The molecule has 18 heavy (non-hydrogen) atoms. The number of ether oxygens (including phenoxy) is 1. The third-order valence-corrected chi connectivity index (χ3v) is 3.55. The van der Waals surface area contributed by atoms with Crippen LogP contribution in [0.4, 0.5) is 0 Å². The molecule has 0 spiro atoms. The molecule has 0 fully saturated rings. The molecule has 1 rings (SSSR count). The summed E-state index contributed by atoms with van der Waals surface area (Å²) in [5, 5.41) is 0. The molecule has 0 radical (unpaired) electrons. The van der Waals surface area contributed by atoms with E-state index in [2.05, 4.69) is 45.3 Å². The van der Waals surface area contributed by atoms with E-state index in [-0.39, 0.29) is 12.1 Å². The van der Waals surface area contributed by atoms with Crippen molar-refractivity contribution in [3.05, 3.63) is 34.4 Å². The van der Waals surface area contributed by atoms with Gasteiger partial charge in [0, 0.05) is 13.2 Å². The third-order valence-electron chi connectivity index (χ3n) is 3.55. The van der Waals surface area contributed by atoms with Gasteiger partial charge in [0.25, 0.3) is 0 Å².